The van der Waals surface area contributed by atoms with Gasteiger partial charge in [0.25, 0.3) is 5.91 Å². The SMILES string of the molecule is O=C(Cc1ccccc1)NC1C(=O)N2C(C(=O)OCCBr)=C(CBr)C[S+]([O-])[C@@H]12. The molecule has 150 valence electrons. The molecule has 0 aliphatic carbocycles. The molecule has 2 amide bonds. The van der Waals surface area contributed by atoms with Crippen molar-refractivity contribution in [1.82, 2.24) is 10.2 Å². The van der Waals surface area contributed by atoms with Gasteiger partial charge >= 0.3 is 5.97 Å². The quantitative estimate of drug-likeness (QED) is 0.246. The van der Waals surface area contributed by atoms with Gasteiger partial charge in [-0.25, -0.2) is 4.79 Å². The molecular formula is C18H18Br2N2O5S. The van der Waals surface area contributed by atoms with Gasteiger partial charge in [0.15, 0.2) is 6.04 Å². The lowest BCUT2D eigenvalue weighted by Crippen LogP contribution is -2.75. The highest BCUT2D eigenvalue weighted by Gasteiger charge is 2.61. The lowest BCUT2D eigenvalue weighted by Gasteiger charge is -2.49. The average molecular weight is 534 g/mol. The molecule has 0 radical (unpaired) electrons. The Bertz CT molecular complexity index is 804. The predicted molar refractivity (Wildman–Crippen MR) is 111 cm³/mol. The number of rotatable bonds is 7. The second-order valence-corrected chi connectivity index (χ2v) is 9.13. The van der Waals surface area contributed by atoms with E-state index >= 15 is 0 Å². The summed E-state index contributed by atoms with van der Waals surface area (Å²) in [6, 6.07) is 8.22. The van der Waals surface area contributed by atoms with Crippen LogP contribution < -0.4 is 5.32 Å². The third kappa shape index (κ3) is 4.29. The van der Waals surface area contributed by atoms with E-state index in [4.69, 9.17) is 4.74 Å². The minimum atomic E-state index is -1.43. The molecule has 1 aromatic carbocycles. The summed E-state index contributed by atoms with van der Waals surface area (Å²) in [6.07, 6.45) is 0.118. The number of esters is 1. The van der Waals surface area contributed by atoms with Crippen molar-refractivity contribution in [2.75, 3.05) is 23.0 Å². The first kappa shape index (κ1) is 21.4. The first-order chi connectivity index (χ1) is 13.5. The molecule has 1 N–H and O–H groups in total. The van der Waals surface area contributed by atoms with Crippen LogP contribution >= 0.6 is 31.9 Å². The fourth-order valence-electron chi connectivity index (χ4n) is 3.15. The van der Waals surface area contributed by atoms with Crippen LogP contribution in [0.2, 0.25) is 0 Å². The number of nitrogens with one attached hydrogen (secondary N) is 1. The molecule has 1 aromatic rings. The van der Waals surface area contributed by atoms with Crippen LogP contribution in [0.5, 0.6) is 0 Å². The second-order valence-electron chi connectivity index (χ2n) is 6.24. The molecule has 28 heavy (non-hydrogen) atoms. The zero-order valence-electron chi connectivity index (χ0n) is 14.7. The van der Waals surface area contributed by atoms with E-state index in [2.05, 4.69) is 37.2 Å². The highest BCUT2D eigenvalue weighted by atomic mass is 79.9. The second kappa shape index (κ2) is 9.43. The average Bonchev–Trinajstić information content (AvgIpc) is 2.70. The van der Waals surface area contributed by atoms with Gasteiger partial charge in [0.2, 0.25) is 11.3 Å². The van der Waals surface area contributed by atoms with Gasteiger partial charge in [-0.2, -0.15) is 0 Å². The Hall–Kier alpha value is -1.36. The zero-order valence-corrected chi connectivity index (χ0v) is 18.7. The molecule has 3 rings (SSSR count). The van der Waals surface area contributed by atoms with Gasteiger partial charge in [-0.15, -0.1) is 0 Å². The van der Waals surface area contributed by atoms with Crippen LogP contribution in [0.1, 0.15) is 5.56 Å². The van der Waals surface area contributed by atoms with Crippen molar-refractivity contribution in [2.24, 2.45) is 0 Å². The van der Waals surface area contributed by atoms with Crippen molar-refractivity contribution in [2.45, 2.75) is 17.8 Å². The summed E-state index contributed by atoms with van der Waals surface area (Å²) in [5, 5.41) is 2.67. The number of carbonyl (C=O) groups excluding carboxylic acids is 3. The smallest absolute Gasteiger partial charge is 0.355 e. The Kier molecular flexibility index (Phi) is 7.19. The molecule has 7 nitrogen and oxygen atoms in total. The number of nitrogens with zero attached hydrogens (tertiary/aromatic N) is 1. The van der Waals surface area contributed by atoms with Crippen molar-refractivity contribution in [3.63, 3.8) is 0 Å². The summed E-state index contributed by atoms with van der Waals surface area (Å²) in [5.41, 5.74) is 1.49. The largest absolute Gasteiger partial charge is 0.614 e. The van der Waals surface area contributed by atoms with Gasteiger partial charge in [-0.1, -0.05) is 62.2 Å². The number of alkyl halides is 2. The van der Waals surface area contributed by atoms with Gasteiger partial charge in [0, 0.05) is 16.2 Å². The van der Waals surface area contributed by atoms with Crippen molar-refractivity contribution in [3.8, 4) is 0 Å². The molecule has 2 aliphatic rings. The molecule has 0 spiro atoms. The van der Waals surface area contributed by atoms with Gasteiger partial charge in [0.1, 0.15) is 18.1 Å². The Labute approximate surface area is 182 Å². The molecule has 0 bridgehead atoms. The number of halogens is 2. The summed E-state index contributed by atoms with van der Waals surface area (Å²) in [7, 11) is 0. The van der Waals surface area contributed by atoms with E-state index in [9.17, 15) is 18.9 Å². The standard InChI is InChI=1S/C18H18Br2N2O5S/c19-6-7-27-18(25)15-12(9-20)10-28(26)17-14(16(24)22(15)17)21-13(23)8-11-4-2-1-3-5-11/h1-5,14,17H,6-10H2,(H,21,23)/t14?,17-,28?/m0/s1. The molecule has 2 heterocycles. The minimum Gasteiger partial charge on any atom is -0.614 e. The van der Waals surface area contributed by atoms with Crippen molar-refractivity contribution in [3.05, 3.63) is 47.2 Å². The maximum atomic E-state index is 12.7. The lowest BCUT2D eigenvalue weighted by molar-refractivity contribution is -0.153. The molecule has 0 aromatic heterocycles. The highest BCUT2D eigenvalue weighted by molar-refractivity contribution is 9.09. The summed E-state index contributed by atoms with van der Waals surface area (Å²) in [5.74, 6) is -1.27. The van der Waals surface area contributed by atoms with Crippen molar-refractivity contribution < 1.29 is 23.7 Å². The van der Waals surface area contributed by atoms with Crippen LogP contribution in [-0.2, 0) is 36.7 Å². The Morgan fingerprint density at radius 1 is 1.29 bits per heavy atom. The number of hydrogen-bond donors (Lipinski definition) is 1. The normalized spacial score (nSPS) is 23.8. The van der Waals surface area contributed by atoms with Crippen LogP contribution in [-0.4, -0.2) is 61.7 Å². The van der Waals surface area contributed by atoms with Crippen molar-refractivity contribution >= 4 is 60.8 Å². The van der Waals surface area contributed by atoms with Crippen LogP contribution in [0, 0.1) is 0 Å². The third-order valence-corrected chi connectivity index (χ3v) is 7.05. The van der Waals surface area contributed by atoms with Gasteiger partial charge in [0.05, 0.1) is 6.42 Å². The van der Waals surface area contributed by atoms with E-state index in [0.29, 0.717) is 16.2 Å². The van der Waals surface area contributed by atoms with Crippen LogP contribution in [0.4, 0.5) is 0 Å². The summed E-state index contributed by atoms with van der Waals surface area (Å²) >= 11 is 5.03. The van der Waals surface area contributed by atoms with E-state index in [1.54, 1.807) is 0 Å². The zero-order chi connectivity index (χ0) is 20.3. The summed E-state index contributed by atoms with van der Waals surface area (Å²) in [6.45, 7) is 0.158. The number of fused-ring (bicyclic) bond motifs is 1. The first-order valence-corrected chi connectivity index (χ1v) is 12.1. The Balaban J connectivity index is 1.74. The molecule has 10 heteroatoms. The molecule has 3 atom stereocenters. The van der Waals surface area contributed by atoms with E-state index in [0.717, 1.165) is 5.56 Å². The van der Waals surface area contributed by atoms with E-state index in [1.807, 2.05) is 30.3 Å². The van der Waals surface area contributed by atoms with Crippen LogP contribution in [0.3, 0.4) is 0 Å². The molecule has 1 fully saturated rings. The number of benzene rings is 1. The predicted octanol–water partition coefficient (Wildman–Crippen LogP) is 1.23. The number of hydrogen-bond acceptors (Lipinski definition) is 5. The fraction of sp³-hybridized carbons (Fsp3) is 0.389. The molecule has 1 saturated heterocycles. The lowest BCUT2D eigenvalue weighted by atomic mass is 10.0. The van der Waals surface area contributed by atoms with Gasteiger partial charge in [-0.3, -0.25) is 14.5 Å². The van der Waals surface area contributed by atoms with Gasteiger partial charge in [-0.05, 0) is 16.7 Å². The summed E-state index contributed by atoms with van der Waals surface area (Å²) < 4.78 is 17.8. The molecular weight excluding hydrogens is 516 g/mol. The number of β-lactam (4-membered cyclic amide) rings is 1. The van der Waals surface area contributed by atoms with E-state index in [-0.39, 0.29) is 30.4 Å². The van der Waals surface area contributed by atoms with E-state index in [1.165, 1.54) is 4.90 Å². The molecule has 2 aliphatic heterocycles. The van der Waals surface area contributed by atoms with Crippen LogP contribution in [0.15, 0.2) is 41.6 Å². The molecule has 2 unspecified atom stereocenters. The minimum absolute atomic E-state index is 0.118. The van der Waals surface area contributed by atoms with Gasteiger partial charge < -0.3 is 14.6 Å². The maximum Gasteiger partial charge on any atom is 0.355 e. The van der Waals surface area contributed by atoms with Crippen LogP contribution in [0.25, 0.3) is 0 Å². The fourth-order valence-corrected chi connectivity index (χ4v) is 5.72. The summed E-state index contributed by atoms with van der Waals surface area (Å²) in [4.78, 5) is 38.7. The first-order valence-electron chi connectivity index (χ1n) is 8.52. The topological polar surface area (TPSA) is 98.8 Å². The number of carbonyl (C=O) groups is 3. The number of ether oxygens (including phenoxy) is 1. The Morgan fingerprint density at radius 2 is 2.00 bits per heavy atom. The monoisotopic (exact) mass is 532 g/mol. The highest BCUT2D eigenvalue weighted by Crippen LogP contribution is 2.37. The molecule has 0 saturated carbocycles. The van der Waals surface area contributed by atoms with Crippen molar-refractivity contribution in [1.29, 1.82) is 0 Å². The third-order valence-electron chi connectivity index (χ3n) is 4.39. The van der Waals surface area contributed by atoms with E-state index < -0.39 is 34.5 Å². The Morgan fingerprint density at radius 3 is 2.64 bits per heavy atom. The number of amides is 2. The maximum absolute atomic E-state index is 12.7.